The normalized spacial score (nSPS) is 17.2. The van der Waals surface area contributed by atoms with Gasteiger partial charge in [0.2, 0.25) is 0 Å². The topological polar surface area (TPSA) is 25.4 Å². The molecule has 1 aliphatic rings. The second-order valence-corrected chi connectivity index (χ2v) is 5.80. The van der Waals surface area contributed by atoms with E-state index in [1.54, 1.807) is 0 Å². The zero-order valence-corrected chi connectivity index (χ0v) is 12.9. The van der Waals surface area contributed by atoms with Gasteiger partial charge in [-0.05, 0) is 47.3 Å². The van der Waals surface area contributed by atoms with Gasteiger partial charge in [-0.25, -0.2) is 4.98 Å². The molecular formula is C13H18BrClN2O. The molecule has 3 nitrogen and oxygen atoms in total. The highest BCUT2D eigenvalue weighted by Crippen LogP contribution is 2.27. The number of hydrogen-bond acceptors (Lipinski definition) is 3. The molecule has 1 fully saturated rings. The van der Waals surface area contributed by atoms with Crippen LogP contribution in [0.15, 0.2) is 16.7 Å². The minimum atomic E-state index is 0.351. The van der Waals surface area contributed by atoms with E-state index in [1.807, 2.05) is 13.1 Å². The number of anilines is 1. The van der Waals surface area contributed by atoms with Crippen molar-refractivity contribution in [3.8, 4) is 0 Å². The van der Waals surface area contributed by atoms with Crippen LogP contribution in [-0.4, -0.2) is 36.7 Å². The summed E-state index contributed by atoms with van der Waals surface area (Å²) in [5, 5.41) is 0. The third-order valence-corrected chi connectivity index (χ3v) is 3.87. The number of aromatic nitrogens is 1. The van der Waals surface area contributed by atoms with Crippen LogP contribution in [-0.2, 0) is 4.74 Å². The molecule has 0 radical (unpaired) electrons. The summed E-state index contributed by atoms with van der Waals surface area (Å²) in [7, 11) is 0. The number of aryl methyl sites for hydroxylation is 1. The van der Waals surface area contributed by atoms with E-state index in [0.717, 1.165) is 36.2 Å². The molecule has 0 N–H and O–H groups in total. The van der Waals surface area contributed by atoms with Crippen LogP contribution in [0.25, 0.3) is 0 Å². The van der Waals surface area contributed by atoms with E-state index < -0.39 is 0 Å². The zero-order chi connectivity index (χ0) is 13.0. The summed E-state index contributed by atoms with van der Waals surface area (Å²) in [5.41, 5.74) is 1.17. The lowest BCUT2D eigenvalue weighted by molar-refractivity contribution is 0.0471. The predicted molar refractivity (Wildman–Crippen MR) is 78.6 cm³/mol. The Kier molecular flexibility index (Phi) is 5.27. The second kappa shape index (κ2) is 6.73. The fourth-order valence-corrected chi connectivity index (χ4v) is 3.01. The molecule has 0 bridgehead atoms. The molecule has 0 unspecified atom stereocenters. The van der Waals surface area contributed by atoms with Crippen LogP contribution < -0.4 is 4.90 Å². The van der Waals surface area contributed by atoms with Crippen molar-refractivity contribution in [1.29, 1.82) is 0 Å². The van der Waals surface area contributed by atoms with Gasteiger partial charge in [0.15, 0.2) is 0 Å². The van der Waals surface area contributed by atoms with Gasteiger partial charge in [-0.3, -0.25) is 0 Å². The number of ether oxygens (including phenoxy) is 1. The average molecular weight is 334 g/mol. The molecule has 1 aromatic heterocycles. The van der Waals surface area contributed by atoms with E-state index in [2.05, 4.69) is 31.9 Å². The van der Waals surface area contributed by atoms with Crippen LogP contribution in [0.4, 0.5) is 5.82 Å². The first-order chi connectivity index (χ1) is 8.70. The highest BCUT2D eigenvalue weighted by atomic mass is 79.9. The summed E-state index contributed by atoms with van der Waals surface area (Å²) in [6.07, 6.45) is 4.35. The lowest BCUT2D eigenvalue weighted by Gasteiger charge is -2.33. The molecule has 2 rings (SSSR count). The fraction of sp³-hybridized carbons (Fsp3) is 0.615. The van der Waals surface area contributed by atoms with Crippen molar-refractivity contribution in [3.05, 3.63) is 22.3 Å². The molecule has 0 aliphatic carbocycles. The number of rotatable bonds is 4. The van der Waals surface area contributed by atoms with E-state index in [4.69, 9.17) is 16.3 Å². The van der Waals surface area contributed by atoms with Crippen LogP contribution in [0.1, 0.15) is 18.4 Å². The Morgan fingerprint density at radius 3 is 2.83 bits per heavy atom. The van der Waals surface area contributed by atoms with Crippen LogP contribution >= 0.6 is 27.5 Å². The molecule has 0 amide bonds. The van der Waals surface area contributed by atoms with Crippen LogP contribution in [0, 0.1) is 6.92 Å². The van der Waals surface area contributed by atoms with Crippen molar-refractivity contribution in [2.75, 3.05) is 30.5 Å². The zero-order valence-electron chi connectivity index (χ0n) is 10.5. The first kappa shape index (κ1) is 14.1. The van der Waals surface area contributed by atoms with E-state index in [1.165, 1.54) is 5.56 Å². The molecule has 1 saturated heterocycles. The van der Waals surface area contributed by atoms with Gasteiger partial charge in [-0.1, -0.05) is 0 Å². The fourth-order valence-electron chi connectivity index (χ4n) is 2.20. The highest BCUT2D eigenvalue weighted by Gasteiger charge is 2.21. The van der Waals surface area contributed by atoms with Crippen LogP contribution in [0.3, 0.4) is 0 Å². The van der Waals surface area contributed by atoms with Crippen molar-refractivity contribution in [2.45, 2.75) is 25.9 Å². The van der Waals surface area contributed by atoms with Gasteiger partial charge in [0.25, 0.3) is 0 Å². The van der Waals surface area contributed by atoms with Gasteiger partial charge in [-0.15, -0.1) is 11.6 Å². The maximum Gasteiger partial charge on any atom is 0.142 e. The predicted octanol–water partition coefficient (Wildman–Crippen LogP) is 3.38. The number of nitrogens with zero attached hydrogens (tertiary/aromatic N) is 2. The van der Waals surface area contributed by atoms with Gasteiger partial charge in [0.1, 0.15) is 5.82 Å². The summed E-state index contributed by atoms with van der Waals surface area (Å²) in [6, 6.07) is 2.11. The molecule has 100 valence electrons. The second-order valence-electron chi connectivity index (χ2n) is 4.56. The Morgan fingerprint density at radius 1 is 1.50 bits per heavy atom. The third-order valence-electron chi connectivity index (χ3n) is 3.13. The quantitative estimate of drug-likeness (QED) is 0.790. The minimum Gasteiger partial charge on any atom is -0.377 e. The molecule has 0 atom stereocenters. The van der Waals surface area contributed by atoms with Crippen molar-refractivity contribution in [2.24, 2.45) is 0 Å². The van der Waals surface area contributed by atoms with E-state index in [-0.39, 0.29) is 0 Å². The Bertz CT molecular complexity index is 395. The van der Waals surface area contributed by atoms with Gasteiger partial charge in [0.05, 0.1) is 17.2 Å². The summed E-state index contributed by atoms with van der Waals surface area (Å²) in [5.74, 6) is 1.61. The van der Waals surface area contributed by atoms with Crippen LogP contribution in [0.2, 0.25) is 0 Å². The Morgan fingerprint density at radius 2 is 2.22 bits per heavy atom. The number of hydrogen-bond donors (Lipinski definition) is 0. The summed E-state index contributed by atoms with van der Waals surface area (Å²) >= 11 is 9.22. The van der Waals surface area contributed by atoms with Crippen molar-refractivity contribution >= 4 is 33.3 Å². The average Bonchev–Trinajstić information content (AvgIpc) is 2.37. The molecule has 18 heavy (non-hydrogen) atoms. The molecule has 0 spiro atoms. The number of alkyl halides is 1. The van der Waals surface area contributed by atoms with Gasteiger partial charge < -0.3 is 9.64 Å². The lowest BCUT2D eigenvalue weighted by atomic mass is 10.1. The molecule has 0 saturated carbocycles. The third kappa shape index (κ3) is 3.59. The Balaban J connectivity index is 1.93. The smallest absolute Gasteiger partial charge is 0.142 e. The monoisotopic (exact) mass is 332 g/mol. The first-order valence-corrected chi connectivity index (χ1v) is 7.58. The van der Waals surface area contributed by atoms with Crippen molar-refractivity contribution in [1.82, 2.24) is 4.98 Å². The number of piperidine rings is 1. The van der Waals surface area contributed by atoms with Gasteiger partial charge in [0, 0.05) is 25.2 Å². The number of pyridine rings is 1. The summed E-state index contributed by atoms with van der Waals surface area (Å²) in [6.45, 7) is 4.68. The molecule has 0 aromatic carbocycles. The summed E-state index contributed by atoms with van der Waals surface area (Å²) in [4.78, 5) is 6.82. The molecule has 5 heteroatoms. The molecule has 2 heterocycles. The van der Waals surface area contributed by atoms with E-state index in [9.17, 15) is 0 Å². The largest absolute Gasteiger partial charge is 0.377 e. The van der Waals surface area contributed by atoms with Crippen molar-refractivity contribution < 1.29 is 4.74 Å². The molecular weight excluding hydrogens is 316 g/mol. The maximum absolute atomic E-state index is 5.67. The van der Waals surface area contributed by atoms with Gasteiger partial charge in [-0.2, -0.15) is 0 Å². The van der Waals surface area contributed by atoms with E-state index in [0.29, 0.717) is 18.6 Å². The van der Waals surface area contributed by atoms with E-state index >= 15 is 0 Å². The minimum absolute atomic E-state index is 0.351. The van der Waals surface area contributed by atoms with Crippen LogP contribution in [0.5, 0.6) is 0 Å². The SMILES string of the molecule is Cc1cnc(N2CCC(OCCCl)CC2)c(Br)c1. The Labute approximate surface area is 122 Å². The standard InChI is InChI=1S/C13H18BrClN2O/c1-10-8-12(14)13(16-9-10)17-5-2-11(3-6-17)18-7-4-15/h8-9,11H,2-7H2,1H3. The maximum atomic E-state index is 5.67. The van der Waals surface area contributed by atoms with Gasteiger partial charge >= 0.3 is 0 Å². The summed E-state index contributed by atoms with van der Waals surface area (Å²) < 4.78 is 6.75. The molecule has 1 aromatic rings. The van der Waals surface area contributed by atoms with Crippen molar-refractivity contribution in [3.63, 3.8) is 0 Å². The highest BCUT2D eigenvalue weighted by molar-refractivity contribution is 9.10. The molecule has 1 aliphatic heterocycles. The number of halogens is 2. The first-order valence-electron chi connectivity index (χ1n) is 6.25. The lowest BCUT2D eigenvalue weighted by Crippen LogP contribution is -2.37. The Hall–Kier alpha value is -0.320.